The van der Waals surface area contributed by atoms with Gasteiger partial charge in [-0.1, -0.05) is 48.5 Å². The number of rotatable bonds is 8. The Morgan fingerprint density at radius 1 is 0.828 bits per heavy atom. The van der Waals surface area contributed by atoms with Gasteiger partial charge in [-0.3, -0.25) is 14.4 Å². The van der Waals surface area contributed by atoms with Crippen LogP contribution in [0.15, 0.2) is 83.8 Å². The molecule has 1 amide bonds. The second kappa shape index (κ2) is 9.71. The van der Waals surface area contributed by atoms with Crippen molar-refractivity contribution in [1.82, 2.24) is 0 Å². The van der Waals surface area contributed by atoms with Crippen LogP contribution in [0.25, 0.3) is 0 Å². The number of hydrogen-bond acceptors (Lipinski definition) is 4. The molecule has 146 valence electrons. The third kappa shape index (κ3) is 6.05. The predicted octanol–water partition coefficient (Wildman–Crippen LogP) is 4.54. The van der Waals surface area contributed by atoms with E-state index in [9.17, 15) is 14.4 Å². The zero-order chi connectivity index (χ0) is 20.6. The molecule has 0 radical (unpaired) electrons. The maximum Gasteiger partial charge on any atom is 0.307 e. The highest BCUT2D eigenvalue weighted by Gasteiger charge is 2.10. The second-order valence-electron chi connectivity index (χ2n) is 6.33. The number of Topliss-reactive ketones (excluding diaryl/α,β-unsaturated/α-hetero) is 1. The molecule has 0 atom stereocenters. The van der Waals surface area contributed by atoms with Crippen molar-refractivity contribution in [2.75, 3.05) is 11.1 Å². The summed E-state index contributed by atoms with van der Waals surface area (Å²) in [5.74, 6) is -0.846. The first-order valence-electron chi connectivity index (χ1n) is 8.94. The van der Waals surface area contributed by atoms with Crippen LogP contribution < -0.4 is 5.32 Å². The molecule has 0 fully saturated rings. The Hall–Kier alpha value is -3.38. The fourth-order valence-electron chi connectivity index (χ4n) is 2.67. The van der Waals surface area contributed by atoms with Crippen molar-refractivity contribution < 1.29 is 19.5 Å². The third-order valence-electron chi connectivity index (χ3n) is 4.13. The van der Waals surface area contributed by atoms with Crippen molar-refractivity contribution in [3.8, 4) is 0 Å². The molecule has 0 saturated carbocycles. The summed E-state index contributed by atoms with van der Waals surface area (Å²) in [6.07, 6.45) is -0.0603. The molecule has 29 heavy (non-hydrogen) atoms. The normalized spacial score (nSPS) is 10.3. The van der Waals surface area contributed by atoms with Crippen LogP contribution in [0.5, 0.6) is 0 Å². The maximum absolute atomic E-state index is 12.5. The summed E-state index contributed by atoms with van der Waals surface area (Å²) in [7, 11) is 0. The van der Waals surface area contributed by atoms with Crippen LogP contribution >= 0.6 is 11.8 Å². The molecule has 6 heteroatoms. The highest BCUT2D eigenvalue weighted by atomic mass is 32.2. The van der Waals surface area contributed by atoms with E-state index in [0.717, 1.165) is 4.90 Å². The molecule has 3 aromatic rings. The van der Waals surface area contributed by atoms with Gasteiger partial charge in [-0.15, -0.1) is 11.8 Å². The fraction of sp³-hybridized carbons (Fsp3) is 0.0870. The van der Waals surface area contributed by atoms with Crippen LogP contribution in [-0.2, 0) is 11.2 Å². The Morgan fingerprint density at radius 2 is 1.52 bits per heavy atom. The summed E-state index contributed by atoms with van der Waals surface area (Å²) in [6.45, 7) is 0. The number of benzene rings is 3. The molecule has 0 bridgehead atoms. The molecule has 0 spiro atoms. The Morgan fingerprint density at radius 3 is 2.21 bits per heavy atom. The summed E-state index contributed by atoms with van der Waals surface area (Å²) in [4.78, 5) is 36.3. The highest BCUT2D eigenvalue weighted by molar-refractivity contribution is 8.00. The summed E-state index contributed by atoms with van der Waals surface area (Å²) < 4.78 is 0. The zero-order valence-electron chi connectivity index (χ0n) is 15.5. The van der Waals surface area contributed by atoms with Crippen LogP contribution in [0.1, 0.15) is 26.3 Å². The average molecular weight is 405 g/mol. The molecule has 3 aromatic carbocycles. The molecule has 3 rings (SSSR count). The molecule has 2 N–H and O–H groups in total. The molecular weight excluding hydrogens is 386 g/mol. The number of aliphatic carboxylic acids is 1. The van der Waals surface area contributed by atoms with Crippen LogP contribution in [0.3, 0.4) is 0 Å². The first-order chi connectivity index (χ1) is 14.0. The van der Waals surface area contributed by atoms with E-state index in [2.05, 4.69) is 5.32 Å². The number of carbonyl (C=O) groups excluding carboxylic acids is 2. The van der Waals surface area contributed by atoms with Gasteiger partial charge in [0.15, 0.2) is 5.78 Å². The number of carbonyl (C=O) groups is 3. The summed E-state index contributed by atoms with van der Waals surface area (Å²) in [5.41, 5.74) is 2.40. The lowest BCUT2D eigenvalue weighted by Gasteiger charge is -2.08. The van der Waals surface area contributed by atoms with E-state index < -0.39 is 5.97 Å². The molecule has 5 nitrogen and oxygen atoms in total. The molecule has 0 saturated heterocycles. The lowest BCUT2D eigenvalue weighted by Crippen LogP contribution is -2.12. The topological polar surface area (TPSA) is 83.5 Å². The number of thioether (sulfide) groups is 1. The minimum atomic E-state index is -0.901. The van der Waals surface area contributed by atoms with E-state index in [-0.39, 0.29) is 18.1 Å². The minimum Gasteiger partial charge on any atom is -0.481 e. The lowest BCUT2D eigenvalue weighted by atomic mass is 10.1. The first kappa shape index (κ1) is 20.4. The van der Waals surface area contributed by atoms with Gasteiger partial charge in [-0.25, -0.2) is 0 Å². The van der Waals surface area contributed by atoms with E-state index in [1.54, 1.807) is 54.6 Å². The quantitative estimate of drug-likeness (QED) is 0.425. The molecular formula is C23H19NO4S. The standard InChI is InChI=1S/C23H19NO4S/c25-21(17-5-2-1-3-6-17)15-29-20-8-4-7-18(14-20)23(28)24-19-11-9-16(10-12-19)13-22(26)27/h1-12,14H,13,15H2,(H,24,28)(H,26,27). The predicted molar refractivity (Wildman–Crippen MR) is 114 cm³/mol. The molecule has 0 unspecified atom stereocenters. The summed E-state index contributed by atoms with van der Waals surface area (Å²) in [6, 6.07) is 22.9. The number of carboxylic acids is 1. The molecule has 0 heterocycles. The van der Waals surface area contributed by atoms with Crippen molar-refractivity contribution in [1.29, 1.82) is 0 Å². The maximum atomic E-state index is 12.5. The van der Waals surface area contributed by atoms with Crippen LogP contribution in [0.4, 0.5) is 5.69 Å². The number of anilines is 1. The minimum absolute atomic E-state index is 0.0342. The van der Waals surface area contributed by atoms with Crippen molar-refractivity contribution >= 4 is 35.1 Å². The Labute approximate surface area is 172 Å². The van der Waals surface area contributed by atoms with Crippen molar-refractivity contribution in [3.05, 3.63) is 95.6 Å². The molecule has 0 aromatic heterocycles. The smallest absolute Gasteiger partial charge is 0.307 e. The SMILES string of the molecule is O=C(O)Cc1ccc(NC(=O)c2cccc(SCC(=O)c3ccccc3)c2)cc1. The number of hydrogen-bond donors (Lipinski definition) is 2. The molecule has 0 aliphatic carbocycles. The van der Waals surface area contributed by atoms with Gasteiger partial charge in [0.2, 0.25) is 0 Å². The number of carboxylic acid groups (broad SMARTS) is 1. The van der Waals surface area contributed by atoms with Gasteiger partial charge in [-0.2, -0.15) is 0 Å². The first-order valence-corrected chi connectivity index (χ1v) is 9.93. The third-order valence-corrected chi connectivity index (χ3v) is 5.12. The Balaban J connectivity index is 1.60. The number of amides is 1. The monoisotopic (exact) mass is 405 g/mol. The van der Waals surface area contributed by atoms with E-state index in [4.69, 9.17) is 5.11 Å². The van der Waals surface area contributed by atoms with Crippen molar-refractivity contribution in [2.24, 2.45) is 0 Å². The lowest BCUT2D eigenvalue weighted by molar-refractivity contribution is -0.136. The summed E-state index contributed by atoms with van der Waals surface area (Å²) in [5, 5.41) is 11.6. The Bertz CT molecular complexity index is 1020. The van der Waals surface area contributed by atoms with Gasteiger partial charge in [0.05, 0.1) is 12.2 Å². The molecule has 0 aliphatic heterocycles. The second-order valence-corrected chi connectivity index (χ2v) is 7.38. The van der Waals surface area contributed by atoms with Crippen LogP contribution in [0, 0.1) is 0 Å². The van der Waals surface area contributed by atoms with Gasteiger partial charge < -0.3 is 10.4 Å². The zero-order valence-corrected chi connectivity index (χ0v) is 16.3. The average Bonchev–Trinajstić information content (AvgIpc) is 2.74. The van der Waals surface area contributed by atoms with Gasteiger partial charge in [0, 0.05) is 21.7 Å². The van der Waals surface area contributed by atoms with Gasteiger partial charge in [0.25, 0.3) is 5.91 Å². The van der Waals surface area contributed by atoms with Gasteiger partial charge in [0.1, 0.15) is 0 Å². The number of ketones is 1. The fourth-order valence-corrected chi connectivity index (χ4v) is 3.52. The Kier molecular flexibility index (Phi) is 6.81. The van der Waals surface area contributed by atoms with E-state index in [0.29, 0.717) is 28.1 Å². The summed E-state index contributed by atoms with van der Waals surface area (Å²) >= 11 is 1.38. The van der Waals surface area contributed by atoms with Gasteiger partial charge >= 0.3 is 5.97 Å². The number of nitrogens with one attached hydrogen (secondary N) is 1. The largest absolute Gasteiger partial charge is 0.481 e. The van der Waals surface area contributed by atoms with Crippen molar-refractivity contribution in [3.63, 3.8) is 0 Å². The van der Waals surface area contributed by atoms with Gasteiger partial charge in [-0.05, 0) is 35.9 Å². The van der Waals surface area contributed by atoms with Crippen molar-refractivity contribution in [2.45, 2.75) is 11.3 Å². The van der Waals surface area contributed by atoms with E-state index in [1.807, 2.05) is 24.3 Å². The van der Waals surface area contributed by atoms with E-state index in [1.165, 1.54) is 11.8 Å². The van der Waals surface area contributed by atoms with E-state index >= 15 is 0 Å². The van der Waals surface area contributed by atoms with Crippen LogP contribution in [0.2, 0.25) is 0 Å². The highest BCUT2D eigenvalue weighted by Crippen LogP contribution is 2.21. The molecule has 0 aliphatic rings. The van der Waals surface area contributed by atoms with Crippen LogP contribution in [-0.4, -0.2) is 28.5 Å².